The van der Waals surface area contributed by atoms with Crippen molar-refractivity contribution in [1.29, 1.82) is 0 Å². The summed E-state index contributed by atoms with van der Waals surface area (Å²) in [6.07, 6.45) is 0. The summed E-state index contributed by atoms with van der Waals surface area (Å²) >= 11 is 7.72. The van der Waals surface area contributed by atoms with E-state index in [9.17, 15) is 0 Å². The number of benzene rings is 2. The maximum absolute atomic E-state index is 3.86. The van der Waals surface area contributed by atoms with Gasteiger partial charge in [0.15, 0.2) is 0 Å². The molecule has 0 saturated carbocycles. The highest BCUT2D eigenvalue weighted by molar-refractivity contribution is 9.12. The minimum Gasteiger partial charge on any atom is -0.0823 e. The summed E-state index contributed by atoms with van der Waals surface area (Å²) in [6.45, 7) is 8.60. The zero-order chi connectivity index (χ0) is 14.9. The van der Waals surface area contributed by atoms with Crippen LogP contribution in [0.3, 0.4) is 0 Å². The summed E-state index contributed by atoms with van der Waals surface area (Å²) in [5.41, 5.74) is 7.88. The highest BCUT2D eigenvalue weighted by Crippen LogP contribution is 2.43. The minimum absolute atomic E-state index is 0.266. The lowest BCUT2D eigenvalue weighted by molar-refractivity contribution is 0.930. The van der Waals surface area contributed by atoms with Gasteiger partial charge in [-0.05, 0) is 38.8 Å². The van der Waals surface area contributed by atoms with E-state index in [0.717, 1.165) is 0 Å². The largest absolute Gasteiger partial charge is 0.0823 e. The van der Waals surface area contributed by atoms with Gasteiger partial charge >= 0.3 is 0 Å². The van der Waals surface area contributed by atoms with Crippen molar-refractivity contribution in [3.05, 3.63) is 69.8 Å². The molecule has 2 aromatic carbocycles. The van der Waals surface area contributed by atoms with Gasteiger partial charge in [0.1, 0.15) is 0 Å². The fraction of sp³-hybridized carbons (Fsp3) is 0.333. The molecule has 0 nitrogen and oxygen atoms in total. The second-order valence-electron chi connectivity index (χ2n) is 5.65. The smallest absolute Gasteiger partial charge is 0.0561 e. The number of hydrogen-bond donors (Lipinski definition) is 0. The number of alkyl halides is 2. The molecule has 0 aliphatic carbocycles. The molecule has 0 aromatic heterocycles. The Morgan fingerprint density at radius 2 is 0.800 bits per heavy atom. The van der Waals surface area contributed by atoms with Gasteiger partial charge in [0.25, 0.3) is 0 Å². The lowest BCUT2D eigenvalue weighted by atomic mass is 9.98. The second kappa shape index (κ2) is 6.44. The average molecular weight is 396 g/mol. The fourth-order valence-corrected chi connectivity index (χ4v) is 3.82. The Morgan fingerprint density at radius 3 is 1.05 bits per heavy atom. The number of rotatable bonds is 3. The quantitative estimate of drug-likeness (QED) is 0.520. The Labute approximate surface area is 138 Å². The predicted octanol–water partition coefficient (Wildman–Crippen LogP) is 6.49. The van der Waals surface area contributed by atoms with Crippen LogP contribution in [0.15, 0.2) is 36.4 Å². The van der Waals surface area contributed by atoms with E-state index in [0.29, 0.717) is 0 Å². The summed E-state index contributed by atoms with van der Waals surface area (Å²) in [4.78, 5) is 0.532. The molecule has 2 rings (SSSR count). The van der Waals surface area contributed by atoms with Gasteiger partial charge in [0.05, 0.1) is 9.65 Å². The molecule has 0 fully saturated rings. The van der Waals surface area contributed by atoms with E-state index in [4.69, 9.17) is 0 Å². The summed E-state index contributed by atoms with van der Waals surface area (Å²) in [5.74, 6) is 0. The first kappa shape index (κ1) is 15.8. The first-order chi connectivity index (χ1) is 9.36. The Kier molecular flexibility index (Phi) is 5.09. The minimum atomic E-state index is 0.266. The Hall–Kier alpha value is -0.600. The molecule has 2 aromatic rings. The van der Waals surface area contributed by atoms with Gasteiger partial charge in [0.2, 0.25) is 0 Å². The lowest BCUT2D eigenvalue weighted by Gasteiger charge is -2.20. The molecule has 106 valence electrons. The molecule has 0 bridgehead atoms. The molecule has 2 heteroatoms. The lowest BCUT2D eigenvalue weighted by Crippen LogP contribution is -2.01. The molecule has 0 aliphatic heterocycles. The van der Waals surface area contributed by atoms with Gasteiger partial charge < -0.3 is 0 Å². The van der Waals surface area contributed by atoms with E-state index in [-0.39, 0.29) is 9.65 Å². The van der Waals surface area contributed by atoms with Crippen LogP contribution >= 0.6 is 31.9 Å². The van der Waals surface area contributed by atoms with Crippen LogP contribution < -0.4 is 0 Å². The third-order valence-corrected chi connectivity index (χ3v) is 6.21. The van der Waals surface area contributed by atoms with Crippen LogP contribution in [0.1, 0.15) is 43.0 Å². The van der Waals surface area contributed by atoms with Crippen LogP contribution in [0, 0.1) is 27.7 Å². The molecular formula is C18H20Br2. The molecule has 0 radical (unpaired) electrons. The van der Waals surface area contributed by atoms with Gasteiger partial charge in [-0.2, -0.15) is 0 Å². The van der Waals surface area contributed by atoms with Crippen molar-refractivity contribution < 1.29 is 0 Å². The fourth-order valence-electron chi connectivity index (χ4n) is 2.68. The monoisotopic (exact) mass is 394 g/mol. The SMILES string of the molecule is Cc1cc(C)cc(C(Br)C(Br)c2cc(C)cc(C)c2)c1. The van der Waals surface area contributed by atoms with Crippen LogP contribution in [0.25, 0.3) is 0 Å². The molecule has 0 saturated heterocycles. The van der Waals surface area contributed by atoms with E-state index in [1.54, 1.807) is 0 Å². The molecule has 2 atom stereocenters. The molecule has 20 heavy (non-hydrogen) atoms. The van der Waals surface area contributed by atoms with Crippen molar-refractivity contribution >= 4 is 31.9 Å². The third-order valence-electron chi connectivity index (χ3n) is 3.38. The summed E-state index contributed by atoms with van der Waals surface area (Å²) in [5, 5.41) is 0. The van der Waals surface area contributed by atoms with E-state index in [1.807, 2.05) is 0 Å². The first-order valence-electron chi connectivity index (χ1n) is 6.81. The Balaban J connectivity index is 2.34. The summed E-state index contributed by atoms with van der Waals surface area (Å²) in [6, 6.07) is 13.4. The zero-order valence-electron chi connectivity index (χ0n) is 12.4. The zero-order valence-corrected chi connectivity index (χ0v) is 15.5. The van der Waals surface area contributed by atoms with Crippen LogP contribution in [0.2, 0.25) is 0 Å². The standard InChI is InChI=1S/C18H20Br2/c1-11-5-12(2)8-15(7-11)17(19)18(20)16-9-13(3)6-14(4)10-16/h5-10,17-18H,1-4H3. The molecular weight excluding hydrogens is 376 g/mol. The highest BCUT2D eigenvalue weighted by Gasteiger charge is 2.20. The van der Waals surface area contributed by atoms with Gasteiger partial charge in [0, 0.05) is 0 Å². The molecule has 0 amide bonds. The molecule has 0 spiro atoms. The summed E-state index contributed by atoms with van der Waals surface area (Å²) in [7, 11) is 0. The maximum Gasteiger partial charge on any atom is 0.0561 e. The number of hydrogen-bond acceptors (Lipinski definition) is 0. The molecule has 0 N–H and O–H groups in total. The van der Waals surface area contributed by atoms with Crippen LogP contribution in [0.5, 0.6) is 0 Å². The Bertz CT molecular complexity index is 521. The normalized spacial score (nSPS) is 14.1. The molecule has 0 heterocycles. The van der Waals surface area contributed by atoms with Crippen LogP contribution in [-0.4, -0.2) is 0 Å². The van der Waals surface area contributed by atoms with Crippen LogP contribution in [0.4, 0.5) is 0 Å². The number of halogens is 2. The first-order valence-corrected chi connectivity index (χ1v) is 8.64. The predicted molar refractivity (Wildman–Crippen MR) is 95.2 cm³/mol. The molecule has 0 aliphatic rings. The second-order valence-corrected chi connectivity index (χ2v) is 7.62. The number of aryl methyl sites for hydroxylation is 4. The maximum atomic E-state index is 3.86. The molecule has 2 unspecified atom stereocenters. The third kappa shape index (κ3) is 3.73. The van der Waals surface area contributed by atoms with Gasteiger partial charge in [-0.25, -0.2) is 0 Å². The van der Waals surface area contributed by atoms with Crippen molar-refractivity contribution in [3.8, 4) is 0 Å². The van der Waals surface area contributed by atoms with Gasteiger partial charge in [-0.1, -0.05) is 90.5 Å². The van der Waals surface area contributed by atoms with Gasteiger partial charge in [-0.15, -0.1) is 0 Å². The van der Waals surface area contributed by atoms with Crippen molar-refractivity contribution in [1.82, 2.24) is 0 Å². The average Bonchev–Trinajstić information content (AvgIpc) is 2.34. The highest BCUT2D eigenvalue weighted by atomic mass is 79.9. The van der Waals surface area contributed by atoms with Crippen LogP contribution in [-0.2, 0) is 0 Å². The van der Waals surface area contributed by atoms with E-state index >= 15 is 0 Å². The topological polar surface area (TPSA) is 0 Å². The van der Waals surface area contributed by atoms with Gasteiger partial charge in [-0.3, -0.25) is 0 Å². The van der Waals surface area contributed by atoms with Crippen molar-refractivity contribution in [2.75, 3.05) is 0 Å². The van der Waals surface area contributed by atoms with E-state index < -0.39 is 0 Å². The van der Waals surface area contributed by atoms with Crippen molar-refractivity contribution in [2.45, 2.75) is 37.3 Å². The van der Waals surface area contributed by atoms with E-state index in [1.165, 1.54) is 33.4 Å². The Morgan fingerprint density at radius 1 is 0.550 bits per heavy atom. The van der Waals surface area contributed by atoms with Crippen molar-refractivity contribution in [3.63, 3.8) is 0 Å². The summed E-state index contributed by atoms with van der Waals surface area (Å²) < 4.78 is 0. The van der Waals surface area contributed by atoms with Crippen molar-refractivity contribution in [2.24, 2.45) is 0 Å². The van der Waals surface area contributed by atoms with E-state index in [2.05, 4.69) is 96.0 Å².